The van der Waals surface area contributed by atoms with Gasteiger partial charge in [0.25, 0.3) is 5.82 Å². The van der Waals surface area contributed by atoms with E-state index in [1.807, 2.05) is 6.92 Å². The molecule has 0 N–H and O–H groups in total. The van der Waals surface area contributed by atoms with E-state index in [9.17, 15) is 4.79 Å². The number of esters is 1. The van der Waals surface area contributed by atoms with Crippen LogP contribution < -0.4 is 0 Å². The molecular formula is C7H10N3O2. The first kappa shape index (κ1) is 8.70. The van der Waals surface area contributed by atoms with Crippen LogP contribution in [0, 0.1) is 6.33 Å². The van der Waals surface area contributed by atoms with E-state index in [2.05, 4.69) is 21.1 Å². The van der Waals surface area contributed by atoms with Crippen LogP contribution in [0.3, 0.4) is 0 Å². The molecule has 0 aliphatic carbocycles. The maximum absolute atomic E-state index is 11.0. The van der Waals surface area contributed by atoms with Crippen LogP contribution in [-0.4, -0.2) is 27.3 Å². The fourth-order valence-corrected chi connectivity index (χ4v) is 0.688. The molecule has 0 bridgehead atoms. The van der Waals surface area contributed by atoms with Crippen molar-refractivity contribution >= 4 is 5.97 Å². The molecule has 0 aliphatic rings. The first-order valence-corrected chi connectivity index (χ1v) is 3.77. The minimum absolute atomic E-state index is 0.0682. The van der Waals surface area contributed by atoms with Crippen molar-refractivity contribution in [2.75, 3.05) is 6.61 Å². The van der Waals surface area contributed by atoms with Gasteiger partial charge in [-0.2, -0.15) is 4.98 Å². The molecule has 1 heterocycles. The molecule has 0 spiro atoms. The maximum atomic E-state index is 11.0. The number of ether oxygens (including phenoxy) is 1. The Labute approximate surface area is 70.4 Å². The summed E-state index contributed by atoms with van der Waals surface area (Å²) in [5.41, 5.74) is 0. The minimum Gasteiger partial charge on any atom is -0.460 e. The Kier molecular flexibility index (Phi) is 2.79. The molecule has 65 valence electrons. The van der Waals surface area contributed by atoms with Crippen molar-refractivity contribution in [2.24, 2.45) is 0 Å². The molecule has 5 nitrogen and oxygen atoms in total. The largest absolute Gasteiger partial charge is 0.460 e. The Morgan fingerprint density at radius 2 is 2.42 bits per heavy atom. The number of hydrogen-bond acceptors (Lipinski definition) is 4. The van der Waals surface area contributed by atoms with E-state index in [0.717, 1.165) is 0 Å². The van der Waals surface area contributed by atoms with Crippen LogP contribution in [-0.2, 0) is 11.3 Å². The normalized spacial score (nSPS) is 9.83. The quantitative estimate of drug-likeness (QED) is 0.608. The number of nitrogens with zero attached hydrogens (tertiary/aromatic N) is 3. The molecule has 0 amide bonds. The zero-order chi connectivity index (χ0) is 8.97. The lowest BCUT2D eigenvalue weighted by atomic mass is 10.6. The Bertz CT molecular complexity index is 269. The molecule has 0 atom stereocenters. The van der Waals surface area contributed by atoms with E-state index in [4.69, 9.17) is 0 Å². The number of hydrogen-bond donors (Lipinski definition) is 0. The molecule has 0 saturated heterocycles. The summed E-state index contributed by atoms with van der Waals surface area (Å²) in [7, 11) is 0. The van der Waals surface area contributed by atoms with Crippen molar-refractivity contribution in [1.82, 2.24) is 14.8 Å². The highest BCUT2D eigenvalue weighted by molar-refractivity contribution is 5.84. The summed E-state index contributed by atoms with van der Waals surface area (Å²) in [5, 5.41) is 3.82. The molecular weight excluding hydrogens is 158 g/mol. The number of carbonyl (C=O) groups excluding carboxylic acids is 1. The Balaban J connectivity index is 2.68. The van der Waals surface area contributed by atoms with E-state index in [-0.39, 0.29) is 5.82 Å². The standard InChI is InChI=1S/C7H10N3O2/c1-3-10-5-8-6(9-10)7(11)12-4-2/h3-4H2,1-2H3. The number of aromatic nitrogens is 3. The zero-order valence-corrected chi connectivity index (χ0v) is 7.07. The van der Waals surface area contributed by atoms with Crippen molar-refractivity contribution in [3.05, 3.63) is 12.2 Å². The summed E-state index contributed by atoms with van der Waals surface area (Å²) in [6.45, 7) is 4.60. The molecule has 1 aromatic heterocycles. The first-order valence-electron chi connectivity index (χ1n) is 3.77. The summed E-state index contributed by atoms with van der Waals surface area (Å²) in [5.74, 6) is -0.431. The molecule has 1 rings (SSSR count). The van der Waals surface area contributed by atoms with Crippen LogP contribution in [0.1, 0.15) is 24.5 Å². The van der Waals surface area contributed by atoms with Gasteiger partial charge in [-0.25, -0.2) is 9.48 Å². The van der Waals surface area contributed by atoms with E-state index in [1.54, 1.807) is 6.92 Å². The van der Waals surface area contributed by atoms with Gasteiger partial charge in [0.15, 0.2) is 6.33 Å². The summed E-state index contributed by atoms with van der Waals surface area (Å²) in [6, 6.07) is 0. The van der Waals surface area contributed by atoms with Gasteiger partial charge in [-0.3, -0.25) is 0 Å². The highest BCUT2D eigenvalue weighted by Crippen LogP contribution is 1.92. The molecule has 0 fully saturated rings. The van der Waals surface area contributed by atoms with Crippen molar-refractivity contribution in [2.45, 2.75) is 20.4 Å². The number of aryl methyl sites for hydroxylation is 1. The average Bonchev–Trinajstić information content (AvgIpc) is 2.52. The van der Waals surface area contributed by atoms with Crippen molar-refractivity contribution in [3.63, 3.8) is 0 Å². The third-order valence-corrected chi connectivity index (χ3v) is 1.24. The van der Waals surface area contributed by atoms with Crippen LogP contribution in [0.4, 0.5) is 0 Å². The fraction of sp³-hybridized carbons (Fsp3) is 0.571. The summed E-state index contributed by atoms with van der Waals surface area (Å²) in [4.78, 5) is 14.7. The molecule has 0 aliphatic heterocycles. The average molecular weight is 168 g/mol. The highest BCUT2D eigenvalue weighted by atomic mass is 16.5. The Morgan fingerprint density at radius 3 is 2.92 bits per heavy atom. The predicted octanol–water partition coefficient (Wildman–Crippen LogP) is 0.275. The maximum Gasteiger partial charge on any atom is 0.378 e. The summed E-state index contributed by atoms with van der Waals surface area (Å²) >= 11 is 0. The van der Waals surface area contributed by atoms with Gasteiger partial charge in [0, 0.05) is 6.54 Å². The predicted molar refractivity (Wildman–Crippen MR) is 40.5 cm³/mol. The van der Waals surface area contributed by atoms with Crippen molar-refractivity contribution in [3.8, 4) is 0 Å². The summed E-state index contributed by atoms with van der Waals surface area (Å²) in [6.07, 6.45) is 2.55. The smallest absolute Gasteiger partial charge is 0.378 e. The fourth-order valence-electron chi connectivity index (χ4n) is 0.688. The third-order valence-electron chi connectivity index (χ3n) is 1.24. The lowest BCUT2D eigenvalue weighted by Gasteiger charge is -1.94. The lowest BCUT2D eigenvalue weighted by molar-refractivity contribution is 0.0511. The van der Waals surface area contributed by atoms with Crippen molar-refractivity contribution in [1.29, 1.82) is 0 Å². The third kappa shape index (κ3) is 1.81. The van der Waals surface area contributed by atoms with Crippen molar-refractivity contribution < 1.29 is 9.53 Å². The van der Waals surface area contributed by atoms with Gasteiger partial charge in [0.2, 0.25) is 0 Å². The van der Waals surface area contributed by atoms with Crippen LogP contribution in [0.25, 0.3) is 0 Å². The molecule has 0 aromatic carbocycles. The molecule has 0 unspecified atom stereocenters. The molecule has 1 radical (unpaired) electrons. The van der Waals surface area contributed by atoms with Gasteiger partial charge in [0.1, 0.15) is 0 Å². The van der Waals surface area contributed by atoms with Crippen LogP contribution in [0.5, 0.6) is 0 Å². The molecule has 5 heteroatoms. The van der Waals surface area contributed by atoms with E-state index in [1.165, 1.54) is 4.68 Å². The second-order valence-corrected chi connectivity index (χ2v) is 2.07. The van der Waals surface area contributed by atoms with Gasteiger partial charge in [0.05, 0.1) is 6.61 Å². The van der Waals surface area contributed by atoms with Gasteiger partial charge >= 0.3 is 5.97 Å². The minimum atomic E-state index is -0.499. The molecule has 0 saturated carbocycles. The van der Waals surface area contributed by atoms with Crippen LogP contribution >= 0.6 is 0 Å². The van der Waals surface area contributed by atoms with E-state index in [0.29, 0.717) is 13.2 Å². The van der Waals surface area contributed by atoms with Gasteiger partial charge in [-0.05, 0) is 13.8 Å². The number of rotatable bonds is 3. The monoisotopic (exact) mass is 168 g/mol. The Morgan fingerprint density at radius 1 is 1.67 bits per heavy atom. The zero-order valence-electron chi connectivity index (χ0n) is 7.07. The Hall–Kier alpha value is -1.39. The lowest BCUT2D eigenvalue weighted by Crippen LogP contribution is -2.07. The second-order valence-electron chi connectivity index (χ2n) is 2.07. The second kappa shape index (κ2) is 3.85. The van der Waals surface area contributed by atoms with Gasteiger partial charge in [-0.1, -0.05) is 0 Å². The molecule has 1 aromatic rings. The topological polar surface area (TPSA) is 57.0 Å². The van der Waals surface area contributed by atoms with E-state index >= 15 is 0 Å². The number of carbonyl (C=O) groups is 1. The van der Waals surface area contributed by atoms with E-state index < -0.39 is 5.97 Å². The highest BCUT2D eigenvalue weighted by Gasteiger charge is 2.11. The van der Waals surface area contributed by atoms with Gasteiger partial charge in [-0.15, -0.1) is 5.10 Å². The first-order chi connectivity index (χ1) is 5.77. The molecule has 12 heavy (non-hydrogen) atoms. The van der Waals surface area contributed by atoms with Gasteiger partial charge < -0.3 is 4.74 Å². The van der Waals surface area contributed by atoms with Crippen LogP contribution in [0.15, 0.2) is 0 Å². The van der Waals surface area contributed by atoms with Crippen LogP contribution in [0.2, 0.25) is 0 Å². The summed E-state index contributed by atoms with van der Waals surface area (Å²) < 4.78 is 6.14. The SMILES string of the molecule is CCOC(=O)c1n[c]n(CC)n1.